The topological polar surface area (TPSA) is 55.1 Å². The Kier molecular flexibility index (Phi) is 5.44. The van der Waals surface area contributed by atoms with Crippen molar-refractivity contribution in [3.63, 3.8) is 0 Å². The molecule has 0 heterocycles. The molecular weight excluding hydrogens is 272 g/mol. The summed E-state index contributed by atoms with van der Waals surface area (Å²) in [7, 11) is 0. The fourth-order valence-corrected chi connectivity index (χ4v) is 3.24. The van der Waals surface area contributed by atoms with Crippen LogP contribution in [0.1, 0.15) is 50.6 Å². The van der Waals surface area contributed by atoms with Crippen LogP contribution in [0.5, 0.6) is 0 Å². The monoisotopic (exact) mass is 294 g/mol. The van der Waals surface area contributed by atoms with Crippen LogP contribution in [0.4, 0.5) is 0 Å². The van der Waals surface area contributed by atoms with Crippen molar-refractivity contribution >= 4 is 17.5 Å². The van der Waals surface area contributed by atoms with E-state index < -0.39 is 0 Å². The van der Waals surface area contributed by atoms with E-state index in [2.05, 4.69) is 18.3 Å². The molecule has 0 bridgehead atoms. The van der Waals surface area contributed by atoms with Crippen LogP contribution in [0.2, 0.25) is 5.02 Å². The third-order valence-corrected chi connectivity index (χ3v) is 4.43. The van der Waals surface area contributed by atoms with Gasteiger partial charge < -0.3 is 11.1 Å². The Balaban J connectivity index is 2.07. The van der Waals surface area contributed by atoms with Gasteiger partial charge in [-0.2, -0.15) is 0 Å². The van der Waals surface area contributed by atoms with Gasteiger partial charge in [-0.1, -0.05) is 43.0 Å². The highest BCUT2D eigenvalue weighted by atomic mass is 35.5. The molecule has 4 heteroatoms. The first kappa shape index (κ1) is 15.3. The van der Waals surface area contributed by atoms with E-state index in [9.17, 15) is 4.79 Å². The molecule has 1 aliphatic rings. The van der Waals surface area contributed by atoms with E-state index in [1.54, 1.807) is 0 Å². The highest BCUT2D eigenvalue weighted by Gasteiger charge is 2.29. The molecule has 2 rings (SSSR count). The van der Waals surface area contributed by atoms with Crippen LogP contribution in [0.25, 0.3) is 0 Å². The maximum absolute atomic E-state index is 11.7. The average molecular weight is 295 g/mol. The first-order valence-corrected chi connectivity index (χ1v) is 7.76. The summed E-state index contributed by atoms with van der Waals surface area (Å²) in [5.74, 6) is -0.234. The zero-order valence-electron chi connectivity index (χ0n) is 11.9. The van der Waals surface area contributed by atoms with Crippen molar-refractivity contribution in [2.45, 2.75) is 51.1 Å². The zero-order chi connectivity index (χ0) is 14.5. The molecule has 3 atom stereocenters. The van der Waals surface area contributed by atoms with Gasteiger partial charge in [-0.3, -0.25) is 4.79 Å². The fraction of sp³-hybridized carbons (Fsp3) is 0.562. The predicted octanol–water partition coefficient (Wildman–Crippen LogP) is 3.42. The van der Waals surface area contributed by atoms with Gasteiger partial charge in [-0.05, 0) is 37.5 Å². The molecule has 0 spiro atoms. The Bertz CT molecular complexity index is 464. The Hall–Kier alpha value is -1.06. The summed E-state index contributed by atoms with van der Waals surface area (Å²) in [4.78, 5) is 11.7. The van der Waals surface area contributed by atoms with Gasteiger partial charge in [0.25, 0.3) is 0 Å². The second-order valence-electron chi connectivity index (χ2n) is 5.70. The van der Waals surface area contributed by atoms with Crippen LogP contribution in [-0.2, 0) is 4.79 Å². The van der Waals surface area contributed by atoms with Crippen LogP contribution < -0.4 is 11.1 Å². The molecule has 1 aromatic carbocycles. The first-order valence-electron chi connectivity index (χ1n) is 7.39. The van der Waals surface area contributed by atoms with E-state index in [4.69, 9.17) is 17.3 Å². The van der Waals surface area contributed by atoms with Crippen molar-refractivity contribution in [3.05, 3.63) is 34.9 Å². The molecule has 0 saturated heterocycles. The smallest absolute Gasteiger partial charge is 0.222 e. The number of primary amides is 1. The van der Waals surface area contributed by atoms with Gasteiger partial charge in [0.1, 0.15) is 0 Å². The van der Waals surface area contributed by atoms with Crippen LogP contribution in [0.15, 0.2) is 24.3 Å². The second kappa shape index (κ2) is 7.09. The molecule has 1 saturated carbocycles. The largest absolute Gasteiger partial charge is 0.369 e. The van der Waals surface area contributed by atoms with Crippen LogP contribution in [0.3, 0.4) is 0 Å². The SMILES string of the molecule is C[C@H](N[C@H]1CCCCC[C@@H]1C(N)=O)c1cccc(Cl)c1. The van der Waals surface area contributed by atoms with E-state index >= 15 is 0 Å². The normalized spacial score (nSPS) is 24.9. The van der Waals surface area contributed by atoms with E-state index in [0.29, 0.717) is 0 Å². The first-order chi connectivity index (χ1) is 9.58. The van der Waals surface area contributed by atoms with Crippen LogP contribution >= 0.6 is 11.6 Å². The van der Waals surface area contributed by atoms with Gasteiger partial charge in [-0.25, -0.2) is 0 Å². The lowest BCUT2D eigenvalue weighted by Crippen LogP contribution is -2.43. The number of halogens is 1. The minimum Gasteiger partial charge on any atom is -0.369 e. The van der Waals surface area contributed by atoms with Crippen molar-refractivity contribution < 1.29 is 4.79 Å². The molecule has 0 aromatic heterocycles. The highest BCUT2D eigenvalue weighted by molar-refractivity contribution is 6.30. The quantitative estimate of drug-likeness (QED) is 0.836. The van der Waals surface area contributed by atoms with Gasteiger partial charge in [0, 0.05) is 17.1 Å². The van der Waals surface area contributed by atoms with Crippen molar-refractivity contribution in [1.82, 2.24) is 5.32 Å². The third-order valence-electron chi connectivity index (χ3n) is 4.19. The maximum Gasteiger partial charge on any atom is 0.222 e. The average Bonchev–Trinajstić information content (AvgIpc) is 2.64. The molecule has 3 nitrogen and oxygen atoms in total. The number of hydrogen-bond donors (Lipinski definition) is 2. The number of nitrogens with two attached hydrogens (primary N) is 1. The van der Waals surface area contributed by atoms with Crippen LogP contribution in [0, 0.1) is 5.92 Å². The number of amides is 1. The number of carbonyl (C=O) groups is 1. The fourth-order valence-electron chi connectivity index (χ4n) is 3.04. The lowest BCUT2D eigenvalue weighted by Gasteiger charge is -2.27. The van der Waals surface area contributed by atoms with Crippen molar-refractivity contribution in [3.8, 4) is 0 Å². The summed E-state index contributed by atoms with van der Waals surface area (Å²) < 4.78 is 0. The number of benzene rings is 1. The number of hydrogen-bond acceptors (Lipinski definition) is 2. The van der Waals surface area contributed by atoms with Crippen LogP contribution in [-0.4, -0.2) is 11.9 Å². The van der Waals surface area contributed by atoms with Crippen molar-refractivity contribution in [2.75, 3.05) is 0 Å². The molecule has 1 aliphatic carbocycles. The Morgan fingerprint density at radius 2 is 2.10 bits per heavy atom. The van der Waals surface area contributed by atoms with Gasteiger partial charge in [0.2, 0.25) is 5.91 Å². The third kappa shape index (κ3) is 3.97. The van der Waals surface area contributed by atoms with Gasteiger partial charge >= 0.3 is 0 Å². The van der Waals surface area contributed by atoms with Gasteiger partial charge in [-0.15, -0.1) is 0 Å². The van der Waals surface area contributed by atoms with Gasteiger partial charge in [0.15, 0.2) is 0 Å². The standard InChI is InChI=1S/C16H23ClN2O/c1-11(12-6-5-7-13(17)10-12)19-15-9-4-2-3-8-14(15)16(18)20/h5-7,10-11,14-15,19H,2-4,8-9H2,1H3,(H2,18,20)/t11-,14-,15-/m0/s1. The molecule has 0 unspecified atom stereocenters. The minimum absolute atomic E-state index is 0.0564. The number of nitrogens with one attached hydrogen (secondary N) is 1. The number of carbonyl (C=O) groups excluding carboxylic acids is 1. The van der Waals surface area contributed by atoms with E-state index in [0.717, 1.165) is 36.3 Å². The molecule has 1 aromatic rings. The lowest BCUT2D eigenvalue weighted by atomic mass is 9.92. The second-order valence-corrected chi connectivity index (χ2v) is 6.13. The summed E-state index contributed by atoms with van der Waals surface area (Å²) in [5.41, 5.74) is 6.71. The minimum atomic E-state index is -0.178. The van der Waals surface area contributed by atoms with E-state index in [-0.39, 0.29) is 23.9 Å². The summed E-state index contributed by atoms with van der Waals surface area (Å²) in [6, 6.07) is 8.18. The summed E-state index contributed by atoms with van der Waals surface area (Å²) >= 11 is 6.04. The molecule has 20 heavy (non-hydrogen) atoms. The Labute approximate surface area is 125 Å². The Morgan fingerprint density at radius 3 is 2.80 bits per heavy atom. The molecule has 110 valence electrons. The maximum atomic E-state index is 11.7. The summed E-state index contributed by atoms with van der Waals surface area (Å²) in [6.07, 6.45) is 5.35. The molecule has 0 aliphatic heterocycles. The molecule has 3 N–H and O–H groups in total. The van der Waals surface area contributed by atoms with E-state index in [1.807, 2.05) is 18.2 Å². The molecule has 0 radical (unpaired) electrons. The van der Waals surface area contributed by atoms with Gasteiger partial charge in [0.05, 0.1) is 5.92 Å². The molecule has 1 amide bonds. The van der Waals surface area contributed by atoms with Crippen molar-refractivity contribution in [1.29, 1.82) is 0 Å². The Morgan fingerprint density at radius 1 is 1.35 bits per heavy atom. The predicted molar refractivity (Wildman–Crippen MR) is 82.6 cm³/mol. The summed E-state index contributed by atoms with van der Waals surface area (Å²) in [6.45, 7) is 2.11. The molecule has 1 fully saturated rings. The lowest BCUT2D eigenvalue weighted by molar-refractivity contribution is -0.122. The van der Waals surface area contributed by atoms with E-state index in [1.165, 1.54) is 6.42 Å². The number of rotatable bonds is 4. The van der Waals surface area contributed by atoms with Crippen molar-refractivity contribution in [2.24, 2.45) is 11.7 Å². The zero-order valence-corrected chi connectivity index (χ0v) is 12.7. The molecular formula is C16H23ClN2O. The highest BCUT2D eigenvalue weighted by Crippen LogP contribution is 2.26. The summed E-state index contributed by atoms with van der Waals surface area (Å²) in [5, 5.41) is 4.31.